The number of fused-ring (bicyclic) bond motifs is 1. The number of rotatable bonds is 1. The Bertz CT molecular complexity index is 616. The number of carbonyl (C=O) groups is 1. The first-order valence-electron chi connectivity index (χ1n) is 5.92. The first-order valence-corrected chi connectivity index (χ1v) is 5.92. The summed E-state index contributed by atoms with van der Waals surface area (Å²) < 4.78 is 0. The van der Waals surface area contributed by atoms with E-state index < -0.39 is 0 Å². The lowest BCUT2D eigenvalue weighted by molar-refractivity contribution is 0.0996. The average molecular weight is 235 g/mol. The Hall–Kier alpha value is -2.35. The molecule has 0 aliphatic carbocycles. The van der Waals surface area contributed by atoms with Gasteiger partial charge in [0.05, 0.1) is 5.69 Å². The summed E-state index contributed by atoms with van der Waals surface area (Å²) in [6.45, 7) is 4.00. The van der Waals surface area contributed by atoms with Crippen LogP contribution in [0.4, 0.5) is 5.69 Å². The van der Waals surface area contributed by atoms with Crippen LogP contribution < -0.4 is 4.90 Å². The number of para-hydroxylation sites is 1. The quantitative estimate of drug-likeness (QED) is 0.741. The predicted octanol–water partition coefficient (Wildman–Crippen LogP) is 3.40. The van der Waals surface area contributed by atoms with Gasteiger partial charge in [-0.15, -0.1) is 0 Å². The van der Waals surface area contributed by atoms with Crippen LogP contribution in [-0.2, 0) is 6.42 Å². The monoisotopic (exact) mass is 235 g/mol. The fourth-order valence-corrected chi connectivity index (χ4v) is 2.31. The van der Waals surface area contributed by atoms with Crippen LogP contribution >= 0.6 is 0 Å². The molecule has 1 aliphatic rings. The van der Waals surface area contributed by atoms with Crippen molar-refractivity contribution < 1.29 is 4.79 Å². The molecule has 0 aromatic heterocycles. The molecule has 0 bridgehead atoms. The van der Waals surface area contributed by atoms with Crippen molar-refractivity contribution in [2.45, 2.75) is 6.42 Å². The first kappa shape index (κ1) is 10.8. The molecule has 0 fully saturated rings. The van der Waals surface area contributed by atoms with E-state index in [1.54, 1.807) is 4.90 Å². The van der Waals surface area contributed by atoms with Crippen molar-refractivity contribution in [2.75, 3.05) is 4.90 Å². The van der Waals surface area contributed by atoms with E-state index in [9.17, 15) is 4.79 Å². The lowest BCUT2D eigenvalue weighted by Crippen LogP contribution is -2.26. The summed E-state index contributed by atoms with van der Waals surface area (Å²) in [5.74, 6) is -0.00875. The standard InChI is InChI=1S/C16H13NO/c1-12-11-14-9-5-6-10-15(14)17(12)16(18)13-7-3-2-4-8-13/h2-10H,1,11H2. The molecule has 2 nitrogen and oxygen atoms in total. The van der Waals surface area contributed by atoms with Crippen LogP contribution in [-0.4, -0.2) is 5.91 Å². The third-order valence-corrected chi connectivity index (χ3v) is 3.17. The second-order valence-electron chi connectivity index (χ2n) is 4.38. The van der Waals surface area contributed by atoms with Crippen molar-refractivity contribution in [1.29, 1.82) is 0 Å². The van der Waals surface area contributed by atoms with Crippen LogP contribution in [0.2, 0.25) is 0 Å². The van der Waals surface area contributed by atoms with Crippen LogP contribution in [0.3, 0.4) is 0 Å². The molecule has 2 aromatic rings. The Kier molecular flexibility index (Phi) is 2.49. The maximum Gasteiger partial charge on any atom is 0.262 e. The third-order valence-electron chi connectivity index (χ3n) is 3.17. The summed E-state index contributed by atoms with van der Waals surface area (Å²) in [5.41, 5.74) is 3.64. The molecule has 1 heterocycles. The van der Waals surface area contributed by atoms with Gasteiger partial charge in [0.1, 0.15) is 0 Å². The van der Waals surface area contributed by atoms with Gasteiger partial charge >= 0.3 is 0 Å². The summed E-state index contributed by atoms with van der Waals surface area (Å²) in [5, 5.41) is 0. The molecule has 0 N–H and O–H groups in total. The minimum atomic E-state index is -0.00875. The summed E-state index contributed by atoms with van der Waals surface area (Å²) in [6.07, 6.45) is 0.745. The van der Waals surface area contributed by atoms with Crippen molar-refractivity contribution in [3.63, 3.8) is 0 Å². The molecule has 1 aliphatic heterocycles. The minimum absolute atomic E-state index is 0.00875. The van der Waals surface area contributed by atoms with E-state index in [4.69, 9.17) is 0 Å². The molecule has 3 rings (SSSR count). The van der Waals surface area contributed by atoms with E-state index in [1.165, 1.54) is 0 Å². The SMILES string of the molecule is C=C1Cc2ccccc2N1C(=O)c1ccccc1. The lowest BCUT2D eigenvalue weighted by Gasteiger charge is -2.18. The molecule has 0 saturated carbocycles. The Labute approximate surface area is 106 Å². The van der Waals surface area contributed by atoms with Crippen LogP contribution in [0.5, 0.6) is 0 Å². The summed E-state index contributed by atoms with van der Waals surface area (Å²) in [6, 6.07) is 17.3. The molecule has 18 heavy (non-hydrogen) atoms. The topological polar surface area (TPSA) is 20.3 Å². The smallest absolute Gasteiger partial charge is 0.262 e. The summed E-state index contributed by atoms with van der Waals surface area (Å²) >= 11 is 0. The average Bonchev–Trinajstić information content (AvgIpc) is 2.75. The lowest BCUT2D eigenvalue weighted by atomic mass is 10.1. The normalized spacial score (nSPS) is 13.6. The fraction of sp³-hybridized carbons (Fsp3) is 0.0625. The second-order valence-corrected chi connectivity index (χ2v) is 4.38. The first-order chi connectivity index (χ1) is 8.77. The molecule has 88 valence electrons. The highest BCUT2D eigenvalue weighted by atomic mass is 16.2. The maximum absolute atomic E-state index is 12.5. The van der Waals surface area contributed by atoms with Crippen LogP contribution in [0.25, 0.3) is 0 Å². The number of nitrogens with zero attached hydrogens (tertiary/aromatic N) is 1. The van der Waals surface area contributed by atoms with Gasteiger partial charge in [-0.2, -0.15) is 0 Å². The van der Waals surface area contributed by atoms with E-state index in [-0.39, 0.29) is 5.91 Å². The van der Waals surface area contributed by atoms with E-state index >= 15 is 0 Å². The molecular formula is C16H13NO. The molecule has 0 unspecified atom stereocenters. The van der Waals surface area contributed by atoms with Gasteiger partial charge in [-0.1, -0.05) is 43.0 Å². The van der Waals surface area contributed by atoms with Gasteiger partial charge in [-0.3, -0.25) is 9.69 Å². The number of hydrogen-bond donors (Lipinski definition) is 0. The van der Waals surface area contributed by atoms with E-state index in [2.05, 4.69) is 6.58 Å². The van der Waals surface area contributed by atoms with Gasteiger partial charge in [0.15, 0.2) is 0 Å². The number of allylic oxidation sites excluding steroid dienone is 1. The number of carbonyl (C=O) groups excluding carboxylic acids is 1. The van der Waals surface area contributed by atoms with Crippen molar-refractivity contribution in [2.24, 2.45) is 0 Å². The zero-order valence-electron chi connectivity index (χ0n) is 9.97. The van der Waals surface area contributed by atoms with Gasteiger partial charge in [0.2, 0.25) is 0 Å². The molecule has 0 atom stereocenters. The Morgan fingerprint density at radius 2 is 1.67 bits per heavy atom. The minimum Gasteiger partial charge on any atom is -0.281 e. The van der Waals surface area contributed by atoms with Gasteiger partial charge in [0, 0.05) is 17.7 Å². The summed E-state index contributed by atoms with van der Waals surface area (Å²) in [4.78, 5) is 14.2. The molecule has 2 heteroatoms. The number of hydrogen-bond acceptors (Lipinski definition) is 1. The number of anilines is 1. The Morgan fingerprint density at radius 1 is 1.00 bits per heavy atom. The van der Waals surface area contributed by atoms with Crippen LogP contribution in [0, 0.1) is 0 Å². The molecule has 0 radical (unpaired) electrons. The van der Waals surface area contributed by atoms with Crippen molar-refractivity contribution in [1.82, 2.24) is 0 Å². The zero-order valence-corrected chi connectivity index (χ0v) is 9.97. The number of benzene rings is 2. The molecular weight excluding hydrogens is 222 g/mol. The van der Waals surface area contributed by atoms with Gasteiger partial charge in [-0.05, 0) is 23.8 Å². The zero-order chi connectivity index (χ0) is 12.5. The van der Waals surface area contributed by atoms with Crippen LogP contribution in [0.15, 0.2) is 66.9 Å². The molecule has 2 aromatic carbocycles. The van der Waals surface area contributed by atoms with Crippen molar-refractivity contribution in [3.8, 4) is 0 Å². The second kappa shape index (κ2) is 4.15. The maximum atomic E-state index is 12.5. The summed E-state index contributed by atoms with van der Waals surface area (Å²) in [7, 11) is 0. The Morgan fingerprint density at radius 3 is 2.44 bits per heavy atom. The van der Waals surface area contributed by atoms with Gasteiger partial charge in [0.25, 0.3) is 5.91 Å². The Balaban J connectivity index is 2.03. The van der Waals surface area contributed by atoms with Gasteiger partial charge < -0.3 is 0 Å². The third kappa shape index (κ3) is 1.63. The number of amides is 1. The fourth-order valence-electron chi connectivity index (χ4n) is 2.31. The van der Waals surface area contributed by atoms with E-state index in [0.29, 0.717) is 5.56 Å². The largest absolute Gasteiger partial charge is 0.281 e. The molecule has 1 amide bonds. The van der Waals surface area contributed by atoms with Gasteiger partial charge in [-0.25, -0.2) is 0 Å². The molecule has 0 saturated heterocycles. The highest BCUT2D eigenvalue weighted by Gasteiger charge is 2.28. The predicted molar refractivity (Wildman–Crippen MR) is 72.5 cm³/mol. The highest BCUT2D eigenvalue weighted by Crippen LogP contribution is 2.34. The van der Waals surface area contributed by atoms with E-state index in [0.717, 1.165) is 23.4 Å². The highest BCUT2D eigenvalue weighted by molar-refractivity contribution is 6.09. The van der Waals surface area contributed by atoms with Crippen LogP contribution in [0.1, 0.15) is 15.9 Å². The van der Waals surface area contributed by atoms with Crippen molar-refractivity contribution >= 4 is 11.6 Å². The van der Waals surface area contributed by atoms with Crippen molar-refractivity contribution in [3.05, 3.63) is 78.0 Å². The molecule has 0 spiro atoms. The van der Waals surface area contributed by atoms with E-state index in [1.807, 2.05) is 54.6 Å².